The first-order valence-corrected chi connectivity index (χ1v) is 8.82. The SMILES string of the molecule is C/C=C/C(=O)N1C(=O)OC(c2ccccc2)(c2ccccc2)C1C(C)C. The number of benzene rings is 2. The van der Waals surface area contributed by atoms with E-state index in [1.165, 1.54) is 11.0 Å². The van der Waals surface area contributed by atoms with Crippen LogP contribution < -0.4 is 0 Å². The van der Waals surface area contributed by atoms with Crippen molar-refractivity contribution in [2.45, 2.75) is 32.4 Å². The fourth-order valence-corrected chi connectivity index (χ4v) is 3.76. The molecule has 2 aromatic rings. The lowest BCUT2D eigenvalue weighted by molar-refractivity contribution is -0.125. The van der Waals surface area contributed by atoms with Crippen molar-refractivity contribution >= 4 is 12.0 Å². The van der Waals surface area contributed by atoms with Crippen LogP contribution in [0.25, 0.3) is 0 Å². The zero-order valence-electron chi connectivity index (χ0n) is 15.3. The Morgan fingerprint density at radius 2 is 1.54 bits per heavy atom. The second-order valence-corrected chi connectivity index (χ2v) is 6.73. The molecule has 1 aliphatic heterocycles. The molecule has 1 fully saturated rings. The molecule has 26 heavy (non-hydrogen) atoms. The molecular formula is C22H23NO3. The number of carbonyl (C=O) groups excluding carboxylic acids is 2. The van der Waals surface area contributed by atoms with E-state index in [0.29, 0.717) is 0 Å². The zero-order valence-corrected chi connectivity index (χ0v) is 15.3. The molecule has 1 unspecified atom stereocenters. The van der Waals surface area contributed by atoms with Gasteiger partial charge in [-0.25, -0.2) is 9.69 Å². The van der Waals surface area contributed by atoms with E-state index in [4.69, 9.17) is 4.74 Å². The molecular weight excluding hydrogens is 326 g/mol. The monoisotopic (exact) mass is 349 g/mol. The van der Waals surface area contributed by atoms with Crippen molar-refractivity contribution in [1.29, 1.82) is 0 Å². The zero-order chi connectivity index (χ0) is 18.7. The van der Waals surface area contributed by atoms with E-state index in [1.807, 2.05) is 74.5 Å². The van der Waals surface area contributed by atoms with Gasteiger partial charge in [0.2, 0.25) is 0 Å². The number of imide groups is 1. The lowest BCUT2D eigenvalue weighted by Gasteiger charge is -2.37. The highest BCUT2D eigenvalue weighted by molar-refractivity contribution is 6.00. The largest absolute Gasteiger partial charge is 0.430 e. The van der Waals surface area contributed by atoms with Crippen molar-refractivity contribution in [3.63, 3.8) is 0 Å². The standard InChI is InChI=1S/C22H23NO3/c1-4-11-19(24)23-20(16(2)3)22(26-21(23)25,17-12-7-5-8-13-17)18-14-9-6-10-15-18/h4-16,20H,1-3H3/b11-4+. The van der Waals surface area contributed by atoms with Gasteiger partial charge in [-0.05, 0) is 18.9 Å². The van der Waals surface area contributed by atoms with E-state index in [2.05, 4.69) is 0 Å². The molecule has 0 bridgehead atoms. The summed E-state index contributed by atoms with van der Waals surface area (Å²) >= 11 is 0. The number of carbonyl (C=O) groups is 2. The van der Waals surface area contributed by atoms with Crippen molar-refractivity contribution in [3.8, 4) is 0 Å². The van der Waals surface area contributed by atoms with Gasteiger partial charge >= 0.3 is 6.09 Å². The Morgan fingerprint density at radius 3 is 1.96 bits per heavy atom. The van der Waals surface area contributed by atoms with Gasteiger partial charge < -0.3 is 4.74 Å². The van der Waals surface area contributed by atoms with Crippen LogP contribution in [0.3, 0.4) is 0 Å². The van der Waals surface area contributed by atoms with Gasteiger partial charge in [-0.3, -0.25) is 4.79 Å². The molecule has 3 rings (SSSR count). The Labute approximate surface area is 154 Å². The number of amides is 2. The first-order valence-electron chi connectivity index (χ1n) is 8.82. The van der Waals surface area contributed by atoms with Gasteiger partial charge in [0.25, 0.3) is 5.91 Å². The smallest absolute Gasteiger partial charge is 0.418 e. The summed E-state index contributed by atoms with van der Waals surface area (Å²) in [6.45, 7) is 5.76. The van der Waals surface area contributed by atoms with Crippen LogP contribution in [-0.2, 0) is 15.1 Å². The Morgan fingerprint density at radius 1 is 1.04 bits per heavy atom. The maximum absolute atomic E-state index is 12.8. The summed E-state index contributed by atoms with van der Waals surface area (Å²) in [5.74, 6) is -0.360. The van der Waals surface area contributed by atoms with Crippen LogP contribution in [-0.4, -0.2) is 22.9 Å². The van der Waals surface area contributed by atoms with Crippen LogP contribution in [0.1, 0.15) is 31.9 Å². The predicted octanol–water partition coefficient (Wildman–Crippen LogP) is 4.51. The average Bonchev–Trinajstić information content (AvgIpc) is 2.98. The van der Waals surface area contributed by atoms with Crippen LogP contribution >= 0.6 is 0 Å². The normalized spacial score (nSPS) is 19.2. The second kappa shape index (κ2) is 7.16. The van der Waals surface area contributed by atoms with E-state index in [-0.39, 0.29) is 11.8 Å². The summed E-state index contributed by atoms with van der Waals surface area (Å²) in [6, 6.07) is 18.8. The number of ether oxygens (including phenoxy) is 1. The fraction of sp³-hybridized carbons (Fsp3) is 0.273. The summed E-state index contributed by atoms with van der Waals surface area (Å²) in [5.41, 5.74) is 0.674. The molecule has 0 aromatic heterocycles. The van der Waals surface area contributed by atoms with Crippen molar-refractivity contribution in [1.82, 2.24) is 4.90 Å². The van der Waals surface area contributed by atoms with Crippen molar-refractivity contribution in [2.75, 3.05) is 0 Å². The molecule has 4 nitrogen and oxygen atoms in total. The van der Waals surface area contributed by atoms with Gasteiger partial charge in [-0.15, -0.1) is 0 Å². The molecule has 1 aliphatic rings. The molecule has 0 radical (unpaired) electrons. The van der Waals surface area contributed by atoms with Crippen molar-refractivity contribution in [2.24, 2.45) is 5.92 Å². The summed E-state index contributed by atoms with van der Waals surface area (Å²) in [6.07, 6.45) is 2.43. The number of hydrogen-bond donors (Lipinski definition) is 0. The molecule has 0 saturated carbocycles. The number of allylic oxidation sites excluding steroid dienone is 1. The van der Waals surface area contributed by atoms with E-state index >= 15 is 0 Å². The van der Waals surface area contributed by atoms with E-state index < -0.39 is 17.7 Å². The van der Waals surface area contributed by atoms with Crippen LogP contribution in [0.5, 0.6) is 0 Å². The quantitative estimate of drug-likeness (QED) is 0.763. The summed E-state index contributed by atoms with van der Waals surface area (Å²) in [4.78, 5) is 26.7. The Hall–Kier alpha value is -2.88. The molecule has 1 saturated heterocycles. The molecule has 4 heteroatoms. The third-order valence-electron chi connectivity index (χ3n) is 4.72. The number of rotatable bonds is 4. The van der Waals surface area contributed by atoms with E-state index in [9.17, 15) is 9.59 Å². The molecule has 0 spiro atoms. The molecule has 0 aliphatic carbocycles. The summed E-state index contributed by atoms with van der Waals surface area (Å²) < 4.78 is 6.01. The van der Waals surface area contributed by atoms with Gasteiger partial charge in [0.05, 0.1) is 6.04 Å². The van der Waals surface area contributed by atoms with E-state index in [0.717, 1.165) is 11.1 Å². The molecule has 2 aromatic carbocycles. The fourth-order valence-electron chi connectivity index (χ4n) is 3.76. The Bertz CT molecular complexity index is 772. The van der Waals surface area contributed by atoms with Gasteiger partial charge in [0.1, 0.15) is 0 Å². The molecule has 0 N–H and O–H groups in total. The van der Waals surface area contributed by atoms with E-state index in [1.54, 1.807) is 13.0 Å². The Kier molecular flexibility index (Phi) is 4.94. The molecule has 1 heterocycles. The first kappa shape index (κ1) is 17.9. The lowest BCUT2D eigenvalue weighted by atomic mass is 9.75. The first-order chi connectivity index (χ1) is 12.5. The Balaban J connectivity index is 2.26. The van der Waals surface area contributed by atoms with Gasteiger partial charge in [0, 0.05) is 11.1 Å². The topological polar surface area (TPSA) is 46.6 Å². The number of cyclic esters (lactones) is 1. The third-order valence-corrected chi connectivity index (χ3v) is 4.72. The molecule has 1 atom stereocenters. The third kappa shape index (κ3) is 2.81. The minimum Gasteiger partial charge on any atom is -0.430 e. The predicted molar refractivity (Wildman–Crippen MR) is 100 cm³/mol. The highest BCUT2D eigenvalue weighted by Gasteiger charge is 2.58. The number of hydrogen-bond acceptors (Lipinski definition) is 3. The summed E-state index contributed by atoms with van der Waals surface area (Å²) in [7, 11) is 0. The van der Waals surface area contributed by atoms with Gasteiger partial charge in [0.15, 0.2) is 5.60 Å². The highest BCUT2D eigenvalue weighted by Crippen LogP contribution is 2.47. The van der Waals surface area contributed by atoms with Gasteiger partial charge in [-0.1, -0.05) is 80.6 Å². The second-order valence-electron chi connectivity index (χ2n) is 6.73. The minimum atomic E-state index is -1.04. The summed E-state index contributed by atoms with van der Waals surface area (Å²) in [5, 5.41) is 0. The maximum Gasteiger partial charge on any atom is 0.418 e. The van der Waals surface area contributed by atoms with Crippen molar-refractivity contribution in [3.05, 3.63) is 83.9 Å². The van der Waals surface area contributed by atoms with Crippen molar-refractivity contribution < 1.29 is 14.3 Å². The molecule has 2 amide bonds. The molecule has 134 valence electrons. The average molecular weight is 349 g/mol. The number of nitrogens with zero attached hydrogens (tertiary/aromatic N) is 1. The highest BCUT2D eigenvalue weighted by atomic mass is 16.6. The minimum absolute atomic E-state index is 0.00364. The van der Waals surface area contributed by atoms with Crippen LogP contribution in [0.15, 0.2) is 72.8 Å². The van der Waals surface area contributed by atoms with Gasteiger partial charge in [-0.2, -0.15) is 0 Å². The van der Waals surface area contributed by atoms with Crippen LogP contribution in [0.4, 0.5) is 4.79 Å². The maximum atomic E-state index is 12.8. The van der Waals surface area contributed by atoms with Crippen LogP contribution in [0.2, 0.25) is 0 Å². The van der Waals surface area contributed by atoms with Crippen LogP contribution in [0, 0.1) is 5.92 Å². The lowest BCUT2D eigenvalue weighted by Crippen LogP contribution is -2.49.